The van der Waals surface area contributed by atoms with E-state index in [0.717, 1.165) is 19.3 Å². The minimum atomic E-state index is -0.680. The maximum atomic E-state index is 12.0. The van der Waals surface area contributed by atoms with Crippen molar-refractivity contribution < 1.29 is 19.4 Å². The van der Waals surface area contributed by atoms with Crippen LogP contribution in [0.25, 0.3) is 0 Å². The molecule has 0 spiro atoms. The van der Waals surface area contributed by atoms with Crippen LogP contribution in [-0.2, 0) is 9.53 Å². The summed E-state index contributed by atoms with van der Waals surface area (Å²) in [5, 5.41) is 9.54. The number of phenols is 1. The van der Waals surface area contributed by atoms with E-state index in [1.54, 1.807) is 17.0 Å². The van der Waals surface area contributed by atoms with Gasteiger partial charge >= 0.3 is 5.97 Å². The van der Waals surface area contributed by atoms with E-state index in [-0.39, 0.29) is 29.9 Å². The fraction of sp³-hybridized carbons (Fsp3) is 0.467. The first kappa shape index (κ1) is 14.4. The molecule has 1 aliphatic heterocycles. The van der Waals surface area contributed by atoms with E-state index in [4.69, 9.17) is 4.74 Å². The molecule has 1 amide bonds. The lowest BCUT2D eigenvalue weighted by atomic mass is 10.0. The molecule has 1 N–H and O–H groups in total. The number of phenolic OH excluding ortho intramolecular Hbond substituents is 1. The highest BCUT2D eigenvalue weighted by molar-refractivity contribution is 5.93. The largest absolute Gasteiger partial charge is 0.507 e. The molecular weight excluding hydrogens is 258 g/mol. The van der Waals surface area contributed by atoms with Crippen molar-refractivity contribution in [1.29, 1.82) is 0 Å². The molecule has 0 saturated carbocycles. The predicted molar refractivity (Wildman–Crippen MR) is 73.4 cm³/mol. The summed E-state index contributed by atoms with van der Waals surface area (Å²) in [6, 6.07) is 6.31. The molecule has 0 aliphatic carbocycles. The number of carbonyl (C=O) groups excluding carboxylic acids is 2. The van der Waals surface area contributed by atoms with Crippen LogP contribution in [0, 0.1) is 0 Å². The van der Waals surface area contributed by atoms with E-state index in [1.165, 1.54) is 12.1 Å². The van der Waals surface area contributed by atoms with Crippen molar-refractivity contribution in [2.45, 2.75) is 32.2 Å². The lowest BCUT2D eigenvalue weighted by Gasteiger charge is -2.33. The average Bonchev–Trinajstić information content (AvgIpc) is 2.45. The van der Waals surface area contributed by atoms with E-state index < -0.39 is 5.97 Å². The number of para-hydroxylation sites is 1. The molecule has 2 rings (SSSR count). The zero-order valence-electron chi connectivity index (χ0n) is 11.5. The Balaban J connectivity index is 1.90. The highest BCUT2D eigenvalue weighted by Gasteiger charge is 2.24. The molecule has 1 aliphatic rings. The summed E-state index contributed by atoms with van der Waals surface area (Å²) in [6.45, 7) is 2.44. The molecule has 0 bridgehead atoms. The maximum Gasteiger partial charge on any atom is 0.342 e. The summed E-state index contributed by atoms with van der Waals surface area (Å²) >= 11 is 0. The van der Waals surface area contributed by atoms with E-state index in [9.17, 15) is 14.7 Å². The van der Waals surface area contributed by atoms with Crippen LogP contribution in [0.4, 0.5) is 0 Å². The van der Waals surface area contributed by atoms with Gasteiger partial charge in [0.15, 0.2) is 6.61 Å². The first-order valence-corrected chi connectivity index (χ1v) is 6.84. The van der Waals surface area contributed by atoms with Gasteiger partial charge in [0.25, 0.3) is 5.91 Å². The molecule has 5 heteroatoms. The van der Waals surface area contributed by atoms with Gasteiger partial charge in [0.2, 0.25) is 0 Å². The smallest absolute Gasteiger partial charge is 0.342 e. The average molecular weight is 277 g/mol. The summed E-state index contributed by atoms with van der Waals surface area (Å²) in [5.74, 6) is -1.00. The molecule has 1 saturated heterocycles. The third-order valence-electron chi connectivity index (χ3n) is 3.57. The zero-order chi connectivity index (χ0) is 14.5. The quantitative estimate of drug-likeness (QED) is 0.857. The minimum absolute atomic E-state index is 0.0759. The lowest BCUT2D eigenvalue weighted by Crippen LogP contribution is -2.44. The van der Waals surface area contributed by atoms with Crippen molar-refractivity contribution in [1.82, 2.24) is 4.90 Å². The van der Waals surface area contributed by atoms with Crippen LogP contribution in [0.15, 0.2) is 24.3 Å². The standard InChI is InChI=1S/C15H19NO4/c1-11-6-4-5-9-16(11)14(18)10-20-15(19)12-7-2-3-8-13(12)17/h2-3,7-8,11,17H,4-6,9-10H2,1H3. The second kappa shape index (κ2) is 6.41. The lowest BCUT2D eigenvalue weighted by molar-refractivity contribution is -0.137. The Hall–Kier alpha value is -2.04. The monoisotopic (exact) mass is 277 g/mol. The first-order chi connectivity index (χ1) is 9.59. The third-order valence-corrected chi connectivity index (χ3v) is 3.57. The molecule has 0 aromatic heterocycles. The van der Waals surface area contributed by atoms with Gasteiger partial charge in [-0.2, -0.15) is 0 Å². The Morgan fingerprint density at radius 1 is 1.35 bits per heavy atom. The van der Waals surface area contributed by atoms with Crippen LogP contribution < -0.4 is 0 Å². The second-order valence-corrected chi connectivity index (χ2v) is 5.03. The van der Waals surface area contributed by atoms with Gasteiger partial charge < -0.3 is 14.7 Å². The highest BCUT2D eigenvalue weighted by atomic mass is 16.5. The van der Waals surface area contributed by atoms with Crippen LogP contribution in [0.3, 0.4) is 0 Å². The summed E-state index contributed by atoms with van der Waals surface area (Å²) in [6.07, 6.45) is 3.10. The molecule has 1 atom stereocenters. The number of rotatable bonds is 3. The number of carbonyl (C=O) groups is 2. The number of piperidine rings is 1. The Bertz CT molecular complexity index is 500. The molecule has 20 heavy (non-hydrogen) atoms. The van der Waals surface area contributed by atoms with Gasteiger partial charge in [-0.1, -0.05) is 12.1 Å². The van der Waals surface area contributed by atoms with Crippen LogP contribution >= 0.6 is 0 Å². The van der Waals surface area contributed by atoms with Gasteiger partial charge in [-0.25, -0.2) is 4.79 Å². The number of hydrogen-bond acceptors (Lipinski definition) is 4. The van der Waals surface area contributed by atoms with Gasteiger partial charge in [-0.05, 0) is 38.3 Å². The van der Waals surface area contributed by atoms with Crippen LogP contribution in [0.1, 0.15) is 36.5 Å². The van der Waals surface area contributed by atoms with Crippen LogP contribution in [-0.4, -0.2) is 41.1 Å². The Kier molecular flexibility index (Phi) is 4.61. The normalized spacial score (nSPS) is 18.6. The fourth-order valence-electron chi connectivity index (χ4n) is 2.40. The van der Waals surface area contributed by atoms with E-state index in [0.29, 0.717) is 6.54 Å². The van der Waals surface area contributed by atoms with Gasteiger partial charge in [0, 0.05) is 12.6 Å². The van der Waals surface area contributed by atoms with Crippen LogP contribution in [0.2, 0.25) is 0 Å². The molecular formula is C15H19NO4. The topological polar surface area (TPSA) is 66.8 Å². The minimum Gasteiger partial charge on any atom is -0.507 e. The highest BCUT2D eigenvalue weighted by Crippen LogP contribution is 2.18. The van der Waals surface area contributed by atoms with Gasteiger partial charge in [0.05, 0.1) is 0 Å². The number of amides is 1. The van der Waals surface area contributed by atoms with Crippen molar-refractivity contribution in [3.05, 3.63) is 29.8 Å². The number of aromatic hydroxyl groups is 1. The molecule has 1 unspecified atom stereocenters. The van der Waals surface area contributed by atoms with Gasteiger partial charge in [0.1, 0.15) is 11.3 Å². The Morgan fingerprint density at radius 3 is 2.80 bits per heavy atom. The molecule has 108 valence electrons. The van der Waals surface area contributed by atoms with E-state index in [2.05, 4.69) is 0 Å². The number of nitrogens with zero attached hydrogens (tertiary/aromatic N) is 1. The van der Waals surface area contributed by atoms with Gasteiger partial charge in [-0.3, -0.25) is 4.79 Å². The molecule has 5 nitrogen and oxygen atoms in total. The summed E-state index contributed by atoms with van der Waals surface area (Å²) in [7, 11) is 0. The molecule has 1 aromatic rings. The summed E-state index contributed by atoms with van der Waals surface area (Å²) in [5.41, 5.74) is 0.0759. The van der Waals surface area contributed by atoms with Crippen molar-refractivity contribution in [2.24, 2.45) is 0 Å². The third kappa shape index (κ3) is 3.29. The Labute approximate surface area is 118 Å². The second-order valence-electron chi connectivity index (χ2n) is 5.03. The number of likely N-dealkylation sites (tertiary alicyclic amines) is 1. The summed E-state index contributed by atoms with van der Waals surface area (Å²) in [4.78, 5) is 25.5. The van der Waals surface area contributed by atoms with Crippen LogP contribution in [0.5, 0.6) is 5.75 Å². The number of benzene rings is 1. The molecule has 0 radical (unpaired) electrons. The van der Waals surface area contributed by atoms with Crippen molar-refractivity contribution >= 4 is 11.9 Å². The number of esters is 1. The van der Waals surface area contributed by atoms with E-state index in [1.807, 2.05) is 6.92 Å². The van der Waals surface area contributed by atoms with Crippen molar-refractivity contribution in [3.63, 3.8) is 0 Å². The van der Waals surface area contributed by atoms with Crippen molar-refractivity contribution in [2.75, 3.05) is 13.2 Å². The van der Waals surface area contributed by atoms with Crippen molar-refractivity contribution in [3.8, 4) is 5.75 Å². The molecule has 1 fully saturated rings. The number of hydrogen-bond donors (Lipinski definition) is 1. The molecule has 1 aromatic carbocycles. The SMILES string of the molecule is CC1CCCCN1C(=O)COC(=O)c1ccccc1O. The summed E-state index contributed by atoms with van der Waals surface area (Å²) < 4.78 is 4.98. The predicted octanol–water partition coefficient (Wildman–Crippen LogP) is 1.95. The zero-order valence-corrected chi connectivity index (χ0v) is 11.5. The fourth-order valence-corrected chi connectivity index (χ4v) is 2.40. The Morgan fingerprint density at radius 2 is 2.10 bits per heavy atom. The van der Waals surface area contributed by atoms with E-state index >= 15 is 0 Å². The molecule has 1 heterocycles. The first-order valence-electron chi connectivity index (χ1n) is 6.84. The van der Waals surface area contributed by atoms with Gasteiger partial charge in [-0.15, -0.1) is 0 Å². The number of ether oxygens (including phenoxy) is 1. The maximum absolute atomic E-state index is 12.0.